The highest BCUT2D eigenvalue weighted by Crippen LogP contribution is 2.28. The van der Waals surface area contributed by atoms with Gasteiger partial charge in [0.25, 0.3) is 0 Å². The quantitative estimate of drug-likeness (QED) is 0.659. The molecule has 0 bridgehead atoms. The summed E-state index contributed by atoms with van der Waals surface area (Å²) in [7, 11) is 0. The summed E-state index contributed by atoms with van der Waals surface area (Å²) in [5, 5.41) is 3.09. The van der Waals surface area contributed by atoms with Gasteiger partial charge in [0.1, 0.15) is 0 Å². The van der Waals surface area contributed by atoms with Gasteiger partial charge in [0.05, 0.1) is 5.92 Å². The molecule has 0 heterocycles. The van der Waals surface area contributed by atoms with E-state index < -0.39 is 0 Å². The molecule has 0 aliphatic carbocycles. The maximum Gasteiger partial charge on any atom is 0.236 e. The van der Waals surface area contributed by atoms with Crippen LogP contribution in [0.1, 0.15) is 29.5 Å². The van der Waals surface area contributed by atoms with Crippen molar-refractivity contribution in [2.24, 2.45) is 0 Å². The molecule has 3 rings (SSSR count). The van der Waals surface area contributed by atoms with E-state index in [1.807, 2.05) is 91.9 Å². The molecule has 0 saturated carbocycles. The van der Waals surface area contributed by atoms with Crippen molar-refractivity contribution in [3.8, 4) is 0 Å². The van der Waals surface area contributed by atoms with E-state index in [0.717, 1.165) is 28.0 Å². The van der Waals surface area contributed by atoms with E-state index in [4.69, 9.17) is 0 Å². The predicted octanol–water partition coefficient (Wildman–Crippen LogP) is 5.49. The molecule has 3 aromatic carbocycles. The van der Waals surface area contributed by atoms with Crippen LogP contribution < -0.4 is 5.32 Å². The van der Waals surface area contributed by atoms with Crippen LogP contribution in [0.3, 0.4) is 0 Å². The summed E-state index contributed by atoms with van der Waals surface area (Å²) < 4.78 is 0. The number of amides is 1. The maximum absolute atomic E-state index is 13.1. The van der Waals surface area contributed by atoms with E-state index >= 15 is 0 Å². The fraction of sp³-hybridized carbons (Fsp3) is 0.0870. The molecule has 0 saturated heterocycles. The second-order valence-electron chi connectivity index (χ2n) is 6.07. The highest BCUT2D eigenvalue weighted by molar-refractivity contribution is 6.00. The van der Waals surface area contributed by atoms with Crippen molar-refractivity contribution < 1.29 is 4.79 Å². The van der Waals surface area contributed by atoms with Gasteiger partial charge in [0.15, 0.2) is 0 Å². The molecule has 0 fully saturated rings. The first-order valence-corrected chi connectivity index (χ1v) is 8.32. The lowest BCUT2D eigenvalue weighted by molar-refractivity contribution is -0.116. The van der Waals surface area contributed by atoms with Gasteiger partial charge in [-0.1, -0.05) is 85.4 Å². The molecule has 0 aliphatic heterocycles. The van der Waals surface area contributed by atoms with Crippen LogP contribution in [-0.2, 0) is 4.79 Å². The normalized spacial score (nSPS) is 10.5. The van der Waals surface area contributed by atoms with Gasteiger partial charge in [-0.15, -0.1) is 0 Å². The number of hydrogen-bond donors (Lipinski definition) is 1. The van der Waals surface area contributed by atoms with Crippen molar-refractivity contribution >= 4 is 17.2 Å². The average molecular weight is 327 g/mol. The molecule has 1 amide bonds. The summed E-state index contributed by atoms with van der Waals surface area (Å²) in [4.78, 5) is 13.1. The minimum atomic E-state index is -0.361. The molecule has 0 radical (unpaired) electrons. The SMILES string of the molecule is C=C(C)c1ccccc1NC(=O)C(c1ccccc1)c1ccccc1. The predicted molar refractivity (Wildman–Crippen MR) is 105 cm³/mol. The summed E-state index contributed by atoms with van der Waals surface area (Å²) in [5.41, 5.74) is 4.61. The van der Waals surface area contributed by atoms with Gasteiger partial charge in [-0.25, -0.2) is 0 Å². The standard InChI is InChI=1S/C23H21NO/c1-17(2)20-15-9-10-16-21(20)24-23(25)22(18-11-5-3-6-12-18)19-13-7-4-8-14-19/h3-16,22H,1H2,2H3,(H,24,25). The molecule has 0 unspecified atom stereocenters. The molecule has 0 aromatic heterocycles. The van der Waals surface area contributed by atoms with Crippen molar-refractivity contribution in [3.05, 3.63) is 108 Å². The summed E-state index contributed by atoms with van der Waals surface area (Å²) in [6.45, 7) is 5.94. The largest absolute Gasteiger partial charge is 0.325 e. The summed E-state index contributed by atoms with van der Waals surface area (Å²) in [5.74, 6) is -0.410. The van der Waals surface area contributed by atoms with Crippen LogP contribution in [0, 0.1) is 0 Å². The molecule has 0 aliphatic rings. The van der Waals surface area contributed by atoms with Crippen molar-refractivity contribution in [1.82, 2.24) is 0 Å². The Balaban J connectivity index is 1.98. The Labute approximate surface area is 148 Å². The summed E-state index contributed by atoms with van der Waals surface area (Å²) >= 11 is 0. The molecule has 0 spiro atoms. The molecule has 25 heavy (non-hydrogen) atoms. The van der Waals surface area contributed by atoms with E-state index in [2.05, 4.69) is 11.9 Å². The van der Waals surface area contributed by atoms with Gasteiger partial charge in [0, 0.05) is 11.3 Å². The Bertz CT molecular complexity index is 829. The van der Waals surface area contributed by atoms with Crippen molar-refractivity contribution in [3.63, 3.8) is 0 Å². The van der Waals surface area contributed by atoms with E-state index in [1.54, 1.807) is 0 Å². The molecule has 2 heteroatoms. The second-order valence-corrected chi connectivity index (χ2v) is 6.07. The summed E-state index contributed by atoms with van der Waals surface area (Å²) in [6.07, 6.45) is 0. The molecule has 2 nitrogen and oxygen atoms in total. The smallest absolute Gasteiger partial charge is 0.236 e. The number of anilines is 1. The van der Waals surface area contributed by atoms with Gasteiger partial charge >= 0.3 is 0 Å². The first kappa shape index (κ1) is 16.7. The Morgan fingerprint density at radius 1 is 0.800 bits per heavy atom. The van der Waals surface area contributed by atoms with Gasteiger partial charge in [0.2, 0.25) is 5.91 Å². The third kappa shape index (κ3) is 3.86. The van der Waals surface area contributed by atoms with Crippen LogP contribution in [0.5, 0.6) is 0 Å². The zero-order chi connectivity index (χ0) is 17.6. The first-order chi connectivity index (χ1) is 12.2. The highest BCUT2D eigenvalue weighted by Gasteiger charge is 2.23. The number of carbonyl (C=O) groups excluding carboxylic acids is 1. The number of hydrogen-bond acceptors (Lipinski definition) is 1. The van der Waals surface area contributed by atoms with Gasteiger partial charge < -0.3 is 5.32 Å². The molecule has 1 N–H and O–H groups in total. The minimum absolute atomic E-state index is 0.0499. The number of carbonyl (C=O) groups is 1. The Hall–Kier alpha value is -3.13. The van der Waals surface area contributed by atoms with Gasteiger partial charge in [-0.3, -0.25) is 4.79 Å². The number of allylic oxidation sites excluding steroid dienone is 1. The topological polar surface area (TPSA) is 29.1 Å². The minimum Gasteiger partial charge on any atom is -0.325 e. The van der Waals surface area contributed by atoms with Crippen LogP contribution in [0.2, 0.25) is 0 Å². The van der Waals surface area contributed by atoms with Crippen LogP contribution in [0.4, 0.5) is 5.69 Å². The van der Waals surface area contributed by atoms with Crippen LogP contribution in [-0.4, -0.2) is 5.91 Å². The highest BCUT2D eigenvalue weighted by atomic mass is 16.1. The molecule has 0 atom stereocenters. The Kier molecular flexibility index (Phi) is 5.10. The van der Waals surface area contributed by atoms with Crippen LogP contribution >= 0.6 is 0 Å². The van der Waals surface area contributed by atoms with Gasteiger partial charge in [-0.05, 0) is 29.7 Å². The number of para-hydroxylation sites is 1. The van der Waals surface area contributed by atoms with E-state index in [1.165, 1.54) is 0 Å². The molecular weight excluding hydrogens is 306 g/mol. The van der Waals surface area contributed by atoms with Crippen molar-refractivity contribution in [2.45, 2.75) is 12.8 Å². The Morgan fingerprint density at radius 3 is 1.80 bits per heavy atom. The van der Waals surface area contributed by atoms with Crippen LogP contribution in [0.25, 0.3) is 5.57 Å². The molecule has 3 aromatic rings. The maximum atomic E-state index is 13.1. The lowest BCUT2D eigenvalue weighted by Crippen LogP contribution is -2.22. The lowest BCUT2D eigenvalue weighted by atomic mass is 9.90. The van der Waals surface area contributed by atoms with Crippen molar-refractivity contribution in [2.75, 3.05) is 5.32 Å². The van der Waals surface area contributed by atoms with Crippen molar-refractivity contribution in [1.29, 1.82) is 0 Å². The number of benzene rings is 3. The number of nitrogens with one attached hydrogen (secondary N) is 1. The second kappa shape index (κ2) is 7.63. The van der Waals surface area contributed by atoms with E-state index in [0.29, 0.717) is 0 Å². The third-order valence-corrected chi connectivity index (χ3v) is 4.17. The molecular formula is C23H21NO. The number of rotatable bonds is 5. The Morgan fingerprint density at radius 2 is 1.28 bits per heavy atom. The van der Waals surface area contributed by atoms with E-state index in [9.17, 15) is 4.79 Å². The van der Waals surface area contributed by atoms with Gasteiger partial charge in [-0.2, -0.15) is 0 Å². The molecule has 124 valence electrons. The zero-order valence-electron chi connectivity index (χ0n) is 14.3. The third-order valence-electron chi connectivity index (χ3n) is 4.17. The monoisotopic (exact) mass is 327 g/mol. The fourth-order valence-electron chi connectivity index (χ4n) is 2.96. The summed E-state index contributed by atoms with van der Waals surface area (Å²) in [6, 6.07) is 27.5. The first-order valence-electron chi connectivity index (χ1n) is 8.32. The zero-order valence-corrected chi connectivity index (χ0v) is 14.3. The van der Waals surface area contributed by atoms with Crippen LogP contribution in [0.15, 0.2) is 91.5 Å². The fourth-order valence-corrected chi connectivity index (χ4v) is 2.96. The lowest BCUT2D eigenvalue weighted by Gasteiger charge is -2.19. The van der Waals surface area contributed by atoms with E-state index in [-0.39, 0.29) is 11.8 Å². The average Bonchev–Trinajstić information content (AvgIpc) is 2.64.